The number of rotatable bonds is 2. The van der Waals surface area contributed by atoms with E-state index in [0.29, 0.717) is 0 Å². The fourth-order valence-corrected chi connectivity index (χ4v) is 3.92. The number of likely N-dealkylation sites (tertiary alicyclic amines) is 1. The lowest BCUT2D eigenvalue weighted by Gasteiger charge is -2.31. The molecule has 1 aliphatic carbocycles. The van der Waals surface area contributed by atoms with Crippen molar-refractivity contribution >= 4 is 0 Å². The average molecular weight is 208 g/mol. The molecule has 2 saturated heterocycles. The molecule has 86 valence electrons. The molecule has 2 heterocycles. The molecule has 0 bridgehead atoms. The van der Waals surface area contributed by atoms with Crippen LogP contribution in [0.15, 0.2) is 0 Å². The van der Waals surface area contributed by atoms with Gasteiger partial charge in [0.2, 0.25) is 0 Å². The molecule has 3 atom stereocenters. The van der Waals surface area contributed by atoms with Gasteiger partial charge in [-0.2, -0.15) is 0 Å². The third-order valence-corrected chi connectivity index (χ3v) is 4.78. The minimum absolute atomic E-state index is 0.829. The fraction of sp³-hybridized carbons (Fsp3) is 1.00. The first-order valence-electron chi connectivity index (χ1n) is 6.89. The van der Waals surface area contributed by atoms with Crippen molar-refractivity contribution in [2.45, 2.75) is 44.6 Å². The normalized spacial score (nSPS) is 42.0. The molecule has 15 heavy (non-hydrogen) atoms. The van der Waals surface area contributed by atoms with Crippen LogP contribution in [0.4, 0.5) is 0 Å². The topological polar surface area (TPSA) is 15.3 Å². The number of piperidine rings is 1. The molecule has 2 nitrogen and oxygen atoms in total. The molecular weight excluding hydrogens is 184 g/mol. The van der Waals surface area contributed by atoms with Crippen LogP contribution in [0.3, 0.4) is 0 Å². The Morgan fingerprint density at radius 1 is 1.00 bits per heavy atom. The quantitative estimate of drug-likeness (QED) is 0.745. The minimum Gasteiger partial charge on any atom is -0.312 e. The van der Waals surface area contributed by atoms with Gasteiger partial charge in [-0.1, -0.05) is 12.8 Å². The lowest BCUT2D eigenvalue weighted by atomic mass is 9.93. The summed E-state index contributed by atoms with van der Waals surface area (Å²) in [5, 5.41) is 3.76. The van der Waals surface area contributed by atoms with E-state index < -0.39 is 0 Å². The Morgan fingerprint density at radius 3 is 2.73 bits per heavy atom. The van der Waals surface area contributed by atoms with E-state index in [1.807, 2.05) is 0 Å². The van der Waals surface area contributed by atoms with Gasteiger partial charge in [0.25, 0.3) is 0 Å². The van der Waals surface area contributed by atoms with E-state index in [0.717, 1.165) is 17.9 Å². The molecule has 3 fully saturated rings. The van der Waals surface area contributed by atoms with Crippen LogP contribution < -0.4 is 5.32 Å². The van der Waals surface area contributed by atoms with Gasteiger partial charge in [0, 0.05) is 12.6 Å². The van der Waals surface area contributed by atoms with Gasteiger partial charge in [-0.3, -0.25) is 0 Å². The Balaban J connectivity index is 1.54. The van der Waals surface area contributed by atoms with Crippen molar-refractivity contribution in [3.05, 3.63) is 0 Å². The Bertz CT molecular complexity index is 211. The highest BCUT2D eigenvalue weighted by Gasteiger charge is 2.39. The number of nitrogens with zero attached hydrogens (tertiary/aromatic N) is 1. The fourth-order valence-electron chi connectivity index (χ4n) is 3.92. The van der Waals surface area contributed by atoms with Crippen LogP contribution in [-0.2, 0) is 0 Å². The molecule has 0 amide bonds. The Labute approximate surface area is 93.4 Å². The van der Waals surface area contributed by atoms with Gasteiger partial charge in [-0.15, -0.1) is 0 Å². The van der Waals surface area contributed by atoms with Crippen LogP contribution in [0, 0.1) is 11.8 Å². The monoisotopic (exact) mass is 208 g/mol. The Morgan fingerprint density at radius 2 is 1.87 bits per heavy atom. The van der Waals surface area contributed by atoms with Crippen LogP contribution in [0.25, 0.3) is 0 Å². The minimum atomic E-state index is 0.829. The van der Waals surface area contributed by atoms with Gasteiger partial charge in [0.05, 0.1) is 0 Å². The summed E-state index contributed by atoms with van der Waals surface area (Å²) in [5.74, 6) is 2.05. The lowest BCUT2D eigenvalue weighted by molar-refractivity contribution is 0.194. The Kier molecular flexibility index (Phi) is 2.98. The Hall–Kier alpha value is -0.0800. The summed E-state index contributed by atoms with van der Waals surface area (Å²) in [6.45, 7) is 5.36. The summed E-state index contributed by atoms with van der Waals surface area (Å²) >= 11 is 0. The van der Waals surface area contributed by atoms with E-state index in [9.17, 15) is 0 Å². The molecule has 3 aliphatic rings. The van der Waals surface area contributed by atoms with Gasteiger partial charge in [0.15, 0.2) is 0 Å². The predicted molar refractivity (Wildman–Crippen MR) is 62.9 cm³/mol. The van der Waals surface area contributed by atoms with Crippen molar-refractivity contribution in [1.82, 2.24) is 10.2 Å². The second-order valence-corrected chi connectivity index (χ2v) is 5.73. The molecule has 0 aromatic rings. The largest absolute Gasteiger partial charge is 0.312 e. The third-order valence-electron chi connectivity index (χ3n) is 4.78. The van der Waals surface area contributed by atoms with Crippen LogP contribution in [0.1, 0.15) is 38.5 Å². The first-order chi connectivity index (χ1) is 7.43. The number of hydrogen-bond donors (Lipinski definition) is 1. The zero-order valence-corrected chi connectivity index (χ0v) is 9.75. The number of nitrogens with one attached hydrogen (secondary N) is 1. The number of fused-ring (bicyclic) bond motifs is 1. The van der Waals surface area contributed by atoms with Gasteiger partial charge in [0.1, 0.15) is 0 Å². The van der Waals surface area contributed by atoms with Crippen molar-refractivity contribution in [1.29, 1.82) is 0 Å². The smallest absolute Gasteiger partial charge is 0.0226 e. The molecule has 0 aromatic carbocycles. The second kappa shape index (κ2) is 4.42. The van der Waals surface area contributed by atoms with Crippen LogP contribution in [0.2, 0.25) is 0 Å². The average Bonchev–Trinajstić information content (AvgIpc) is 2.85. The van der Waals surface area contributed by atoms with E-state index in [-0.39, 0.29) is 0 Å². The maximum absolute atomic E-state index is 3.76. The van der Waals surface area contributed by atoms with E-state index in [1.165, 1.54) is 64.7 Å². The zero-order chi connectivity index (χ0) is 10.1. The highest BCUT2D eigenvalue weighted by atomic mass is 15.2. The SMILES string of the molecule is C1CCN(CC2NCC3CCCC32)CC1. The van der Waals surface area contributed by atoms with E-state index >= 15 is 0 Å². The third kappa shape index (κ3) is 2.07. The molecule has 0 radical (unpaired) electrons. The molecular formula is C13H24N2. The summed E-state index contributed by atoms with van der Waals surface area (Å²) in [7, 11) is 0. The first kappa shape index (κ1) is 10.1. The van der Waals surface area contributed by atoms with Crippen molar-refractivity contribution in [2.24, 2.45) is 11.8 Å². The highest BCUT2D eigenvalue weighted by molar-refractivity contribution is 4.95. The summed E-state index contributed by atoms with van der Waals surface area (Å²) < 4.78 is 0. The summed E-state index contributed by atoms with van der Waals surface area (Å²) in [5.41, 5.74) is 0. The highest BCUT2D eigenvalue weighted by Crippen LogP contribution is 2.37. The van der Waals surface area contributed by atoms with Gasteiger partial charge < -0.3 is 10.2 Å². The summed E-state index contributed by atoms with van der Waals surface area (Å²) in [6.07, 6.45) is 8.81. The molecule has 1 saturated carbocycles. The van der Waals surface area contributed by atoms with Crippen molar-refractivity contribution in [3.63, 3.8) is 0 Å². The standard InChI is InChI=1S/C13H24N2/c1-2-7-15(8-3-1)10-13-12-6-4-5-11(12)9-14-13/h11-14H,1-10H2. The summed E-state index contributed by atoms with van der Waals surface area (Å²) in [4.78, 5) is 2.70. The van der Waals surface area contributed by atoms with E-state index in [1.54, 1.807) is 0 Å². The van der Waals surface area contributed by atoms with Gasteiger partial charge in [-0.25, -0.2) is 0 Å². The van der Waals surface area contributed by atoms with E-state index in [2.05, 4.69) is 10.2 Å². The maximum atomic E-state index is 3.76. The molecule has 1 N–H and O–H groups in total. The van der Waals surface area contributed by atoms with Crippen LogP contribution in [0.5, 0.6) is 0 Å². The molecule has 2 aliphatic heterocycles. The van der Waals surface area contributed by atoms with Gasteiger partial charge in [-0.05, 0) is 57.2 Å². The first-order valence-corrected chi connectivity index (χ1v) is 6.89. The molecule has 3 rings (SSSR count). The van der Waals surface area contributed by atoms with Gasteiger partial charge >= 0.3 is 0 Å². The van der Waals surface area contributed by atoms with Crippen molar-refractivity contribution in [2.75, 3.05) is 26.2 Å². The molecule has 0 spiro atoms. The molecule has 2 heteroatoms. The zero-order valence-electron chi connectivity index (χ0n) is 9.75. The lowest BCUT2D eigenvalue weighted by Crippen LogP contribution is -2.42. The number of hydrogen-bond acceptors (Lipinski definition) is 2. The predicted octanol–water partition coefficient (Wildman–Crippen LogP) is 1.86. The molecule has 0 aromatic heterocycles. The van der Waals surface area contributed by atoms with Crippen molar-refractivity contribution < 1.29 is 0 Å². The maximum Gasteiger partial charge on any atom is 0.0226 e. The molecule has 3 unspecified atom stereocenters. The van der Waals surface area contributed by atoms with Crippen LogP contribution >= 0.6 is 0 Å². The van der Waals surface area contributed by atoms with Crippen LogP contribution in [-0.4, -0.2) is 37.1 Å². The summed E-state index contributed by atoms with van der Waals surface area (Å²) in [6, 6.07) is 0.829. The second-order valence-electron chi connectivity index (χ2n) is 5.73. The van der Waals surface area contributed by atoms with E-state index in [4.69, 9.17) is 0 Å². The van der Waals surface area contributed by atoms with Crippen molar-refractivity contribution in [3.8, 4) is 0 Å².